The van der Waals surface area contributed by atoms with Crippen LogP contribution >= 0.6 is 0 Å². The number of benzene rings is 16. The largest absolute Gasteiger partial charge is 0.455 e. The van der Waals surface area contributed by atoms with Gasteiger partial charge < -0.3 is 26.8 Å². The molecule has 0 saturated heterocycles. The number of hydrogen-bond acceptors (Lipinski definition) is 7. The minimum Gasteiger partial charge on any atom is -0.455 e. The fourth-order valence-electron chi connectivity index (χ4n) is 17.2. The molecule has 0 radical (unpaired) electrons. The Kier molecular flexibility index (Phi) is 13.3. The standard InChI is InChI=1S/C100H56N6O4/c1-101-80-57-79(100-103-98(73-37-21-35-69-67-33-17-19-39-85(67)107-94(69)73)102-99(104-100)74-38-22-36-70-68-34-18-20-40-86(68)108-95(70)74)92(105-81-47-41-63(58-23-7-2-8-24-58)55-77(81)90-83(105)49-45-71-75-53-65(60-27-11-4-12-28-60)43-51-87(75)109-96(71)90)93(89(80)62-31-15-6-16-32-62)106-82-48-42-64(59-25-9-3-10-26-59)56-78(82)91-84(106)50-46-72-76-54-66(61-29-13-5-14-30-61)44-52-88(76)110-97(72)91/h2-57H. The molecule has 0 aliphatic rings. The SMILES string of the molecule is [C-]#[N+]c1cc(-c2nc(-c3cccc4c3oc3ccccc34)nc(-c3cccc4c3oc3ccccc34)n2)c(-n2c3ccc(-c4ccccc4)cc3c3c4oc5ccc(-c6ccccc6)cc5c4ccc32)c(-n2c3ccc(-c4ccccc4)cc3c3c4oc5ccc(-c6ccccc6)cc5c4ccc32)c1-c1ccccc1. The molecular formula is C100H56N6O4. The molecule has 0 atom stereocenters. The van der Waals surface area contributed by atoms with Crippen LogP contribution in [0.1, 0.15) is 0 Å². The van der Waals surface area contributed by atoms with E-state index in [2.05, 4.69) is 264 Å². The quantitative estimate of drug-likeness (QED) is 0.126. The van der Waals surface area contributed by atoms with Gasteiger partial charge in [-0.05, 0) is 153 Å². The van der Waals surface area contributed by atoms with Gasteiger partial charge in [0.2, 0.25) is 0 Å². The highest BCUT2D eigenvalue weighted by Gasteiger charge is 2.33. The van der Waals surface area contributed by atoms with Crippen molar-refractivity contribution in [3.8, 4) is 101 Å². The van der Waals surface area contributed by atoms with Crippen molar-refractivity contribution < 1.29 is 17.7 Å². The van der Waals surface area contributed by atoms with E-state index >= 15 is 0 Å². The van der Waals surface area contributed by atoms with Crippen molar-refractivity contribution in [2.24, 2.45) is 0 Å². The maximum absolute atomic E-state index is 9.78. The van der Waals surface area contributed by atoms with Crippen LogP contribution in [-0.2, 0) is 0 Å². The summed E-state index contributed by atoms with van der Waals surface area (Å²) in [5.74, 6) is 1.00. The summed E-state index contributed by atoms with van der Waals surface area (Å²) >= 11 is 0. The summed E-state index contributed by atoms with van der Waals surface area (Å²) in [4.78, 5) is 21.9. The Morgan fingerprint density at radius 1 is 0.236 bits per heavy atom. The van der Waals surface area contributed by atoms with Crippen molar-refractivity contribution in [1.29, 1.82) is 0 Å². The van der Waals surface area contributed by atoms with Gasteiger partial charge in [-0.1, -0.05) is 237 Å². The highest BCUT2D eigenvalue weighted by molar-refractivity contribution is 6.28. The van der Waals surface area contributed by atoms with Gasteiger partial charge in [0.25, 0.3) is 0 Å². The van der Waals surface area contributed by atoms with Gasteiger partial charge >= 0.3 is 0 Å². The van der Waals surface area contributed by atoms with E-state index in [-0.39, 0.29) is 0 Å². The molecule has 0 bridgehead atoms. The monoisotopic (exact) mass is 1400 g/mol. The summed E-state index contributed by atoms with van der Waals surface area (Å²) in [6, 6.07) is 118. The van der Waals surface area contributed by atoms with Crippen molar-refractivity contribution in [1.82, 2.24) is 24.1 Å². The first kappa shape index (κ1) is 61.2. The average Bonchev–Trinajstić information content (AvgIpc) is 1.52. The highest BCUT2D eigenvalue weighted by atomic mass is 16.3. The van der Waals surface area contributed by atoms with E-state index in [1.807, 2.05) is 84.9 Å². The average molecular weight is 1410 g/mol. The molecule has 16 aromatic carbocycles. The van der Waals surface area contributed by atoms with Crippen LogP contribution in [0.25, 0.3) is 237 Å². The summed E-state index contributed by atoms with van der Waals surface area (Å²) in [6.45, 7) is 9.78. The van der Waals surface area contributed by atoms with Crippen molar-refractivity contribution >= 4 is 137 Å². The lowest BCUT2D eigenvalue weighted by molar-refractivity contribution is 0.669. The van der Waals surface area contributed by atoms with Crippen LogP contribution in [0.5, 0.6) is 0 Å². The molecule has 0 fully saturated rings. The van der Waals surface area contributed by atoms with E-state index in [9.17, 15) is 6.57 Å². The summed E-state index contributed by atoms with van der Waals surface area (Å²) in [5, 5.41) is 11.4. The fourth-order valence-corrected chi connectivity index (χ4v) is 17.2. The maximum atomic E-state index is 9.78. The van der Waals surface area contributed by atoms with Gasteiger partial charge in [-0.2, -0.15) is 0 Å². The second kappa shape index (κ2) is 23.9. The summed E-state index contributed by atoms with van der Waals surface area (Å²) in [7, 11) is 0. The zero-order valence-corrected chi connectivity index (χ0v) is 58.6. The number of hydrogen-bond donors (Lipinski definition) is 0. The number of nitrogens with zero attached hydrogens (tertiary/aromatic N) is 6. The smallest absolute Gasteiger partial charge is 0.197 e. The number of para-hydroxylation sites is 4. The van der Waals surface area contributed by atoms with Crippen LogP contribution in [-0.4, -0.2) is 24.1 Å². The van der Waals surface area contributed by atoms with Gasteiger partial charge in [0.1, 0.15) is 44.7 Å². The van der Waals surface area contributed by atoms with E-state index < -0.39 is 0 Å². The van der Waals surface area contributed by atoms with E-state index in [1.165, 1.54) is 0 Å². The Morgan fingerprint density at radius 2 is 0.573 bits per heavy atom. The predicted molar refractivity (Wildman–Crippen MR) is 447 cm³/mol. The fraction of sp³-hybridized carbons (Fsp3) is 0. The topological polar surface area (TPSA) is 105 Å². The molecule has 0 unspecified atom stereocenters. The van der Waals surface area contributed by atoms with Gasteiger partial charge in [0.15, 0.2) is 23.2 Å². The first-order chi connectivity index (χ1) is 54.5. The molecule has 0 aliphatic heterocycles. The van der Waals surface area contributed by atoms with E-state index in [4.69, 9.17) is 37.5 Å². The first-order valence-electron chi connectivity index (χ1n) is 36.8. The van der Waals surface area contributed by atoms with Gasteiger partial charge in [-0.3, -0.25) is 0 Å². The summed E-state index contributed by atoms with van der Waals surface area (Å²) in [5.41, 5.74) is 22.8. The van der Waals surface area contributed by atoms with E-state index in [0.717, 1.165) is 170 Å². The predicted octanol–water partition coefficient (Wildman–Crippen LogP) is 27.6. The minimum atomic E-state index is 0.294. The molecule has 0 aliphatic carbocycles. The maximum Gasteiger partial charge on any atom is 0.197 e. The normalized spacial score (nSPS) is 12.0. The molecule has 110 heavy (non-hydrogen) atoms. The third kappa shape index (κ3) is 9.25. The minimum absolute atomic E-state index is 0.294. The Hall–Kier alpha value is -15.2. The summed E-state index contributed by atoms with van der Waals surface area (Å²) in [6.07, 6.45) is 0. The number of rotatable bonds is 10. The van der Waals surface area contributed by atoms with Gasteiger partial charge in [0, 0.05) is 65.0 Å². The Labute approximate surface area is 627 Å². The van der Waals surface area contributed by atoms with Crippen molar-refractivity contribution in [2.45, 2.75) is 0 Å². The van der Waals surface area contributed by atoms with Crippen LogP contribution in [0.3, 0.4) is 0 Å². The number of fused-ring (bicyclic) bond motifs is 20. The van der Waals surface area contributed by atoms with Gasteiger partial charge in [-0.25, -0.2) is 19.8 Å². The molecular weight excluding hydrogens is 1350 g/mol. The highest BCUT2D eigenvalue weighted by Crippen LogP contribution is 2.54. The van der Waals surface area contributed by atoms with Crippen LogP contribution in [0.4, 0.5) is 5.69 Å². The van der Waals surface area contributed by atoms with Crippen molar-refractivity contribution in [3.63, 3.8) is 0 Å². The Bertz CT molecular complexity index is 7700. The molecule has 23 rings (SSSR count). The zero-order valence-electron chi connectivity index (χ0n) is 58.6. The molecule has 0 amide bonds. The molecule has 7 heterocycles. The first-order valence-corrected chi connectivity index (χ1v) is 36.8. The van der Waals surface area contributed by atoms with Gasteiger partial charge in [0.05, 0.1) is 61.9 Å². The molecule has 510 valence electrons. The molecule has 7 aromatic heterocycles. The van der Waals surface area contributed by atoms with Crippen molar-refractivity contribution in [2.75, 3.05) is 0 Å². The van der Waals surface area contributed by atoms with Crippen LogP contribution < -0.4 is 0 Å². The Morgan fingerprint density at radius 3 is 1.01 bits per heavy atom. The molecule has 10 heteroatoms. The summed E-state index contributed by atoms with van der Waals surface area (Å²) < 4.78 is 33.4. The van der Waals surface area contributed by atoms with Gasteiger partial charge in [-0.15, -0.1) is 0 Å². The lowest BCUT2D eigenvalue weighted by Crippen LogP contribution is -2.10. The molecule has 0 saturated carbocycles. The van der Waals surface area contributed by atoms with Crippen molar-refractivity contribution in [3.05, 3.63) is 351 Å². The van der Waals surface area contributed by atoms with E-state index in [1.54, 1.807) is 0 Å². The molecule has 0 N–H and O–H groups in total. The van der Waals surface area contributed by atoms with Crippen LogP contribution in [0.15, 0.2) is 357 Å². The molecule has 23 aromatic rings. The Balaban J connectivity index is 0.918. The molecule has 10 nitrogen and oxygen atoms in total. The van der Waals surface area contributed by atoms with E-state index in [0.29, 0.717) is 68.0 Å². The third-order valence-corrected chi connectivity index (χ3v) is 22.2. The second-order valence-electron chi connectivity index (χ2n) is 28.3. The second-order valence-corrected chi connectivity index (χ2v) is 28.3. The third-order valence-electron chi connectivity index (χ3n) is 22.2. The lowest BCUT2D eigenvalue weighted by Gasteiger charge is -2.25. The number of furan rings is 4. The van der Waals surface area contributed by atoms with Crippen LogP contribution in [0.2, 0.25) is 0 Å². The van der Waals surface area contributed by atoms with Crippen LogP contribution in [0, 0.1) is 6.57 Å². The lowest BCUT2D eigenvalue weighted by atomic mass is 9.95. The molecule has 0 spiro atoms. The number of aromatic nitrogens is 5. The zero-order chi connectivity index (χ0) is 72.2.